The molecule has 0 bridgehead atoms. The quantitative estimate of drug-likeness (QED) is 0.533. The van der Waals surface area contributed by atoms with Gasteiger partial charge in [-0.1, -0.05) is 61.7 Å². The molecular formula is C26H31N3O4. The highest BCUT2D eigenvalue weighted by Crippen LogP contribution is 2.34. The van der Waals surface area contributed by atoms with E-state index in [1.807, 2.05) is 48.5 Å². The van der Waals surface area contributed by atoms with Crippen molar-refractivity contribution in [3.8, 4) is 0 Å². The minimum atomic E-state index is -1.05. The SMILES string of the molecule is NCc1cccc(CN(C(=O)C(=O)C2CNc3ccccc32)C(C(=O)O)C2CCCCC2)c1. The van der Waals surface area contributed by atoms with Crippen molar-refractivity contribution in [3.63, 3.8) is 0 Å². The van der Waals surface area contributed by atoms with Crippen molar-refractivity contribution in [1.29, 1.82) is 0 Å². The number of aliphatic carboxylic acids is 1. The summed E-state index contributed by atoms with van der Waals surface area (Å²) >= 11 is 0. The van der Waals surface area contributed by atoms with Gasteiger partial charge in [0.05, 0.1) is 5.92 Å². The second-order valence-corrected chi connectivity index (χ2v) is 9.02. The van der Waals surface area contributed by atoms with E-state index < -0.39 is 29.6 Å². The van der Waals surface area contributed by atoms with E-state index in [-0.39, 0.29) is 12.5 Å². The first-order valence-electron chi connectivity index (χ1n) is 11.7. The summed E-state index contributed by atoms with van der Waals surface area (Å²) in [7, 11) is 0. The molecule has 1 fully saturated rings. The van der Waals surface area contributed by atoms with Crippen LogP contribution in [0.2, 0.25) is 0 Å². The summed E-state index contributed by atoms with van der Waals surface area (Å²) in [6.45, 7) is 0.742. The number of ketones is 1. The Morgan fingerprint density at radius 2 is 1.76 bits per heavy atom. The summed E-state index contributed by atoms with van der Waals surface area (Å²) in [4.78, 5) is 40.8. The molecule has 0 spiro atoms. The molecule has 1 aliphatic carbocycles. The van der Waals surface area contributed by atoms with Gasteiger partial charge in [-0.2, -0.15) is 0 Å². The van der Waals surface area contributed by atoms with E-state index in [4.69, 9.17) is 5.73 Å². The highest BCUT2D eigenvalue weighted by Gasteiger charge is 2.42. The minimum absolute atomic E-state index is 0.0632. The van der Waals surface area contributed by atoms with Gasteiger partial charge in [0.25, 0.3) is 5.91 Å². The number of anilines is 1. The lowest BCUT2D eigenvalue weighted by Crippen LogP contribution is -2.52. The molecule has 0 aromatic heterocycles. The fraction of sp³-hybridized carbons (Fsp3) is 0.423. The molecule has 2 unspecified atom stereocenters. The Morgan fingerprint density at radius 3 is 2.48 bits per heavy atom. The Labute approximate surface area is 194 Å². The summed E-state index contributed by atoms with van der Waals surface area (Å²) in [5, 5.41) is 13.4. The van der Waals surface area contributed by atoms with Crippen molar-refractivity contribution in [2.24, 2.45) is 11.7 Å². The van der Waals surface area contributed by atoms with Crippen LogP contribution >= 0.6 is 0 Å². The summed E-state index contributed by atoms with van der Waals surface area (Å²) in [5.74, 6) is -3.13. The Kier molecular flexibility index (Phi) is 7.08. The molecule has 2 aliphatic rings. The molecule has 2 atom stereocenters. The number of benzene rings is 2. The molecule has 1 heterocycles. The summed E-state index contributed by atoms with van der Waals surface area (Å²) in [5.41, 5.74) is 9.06. The van der Waals surface area contributed by atoms with Gasteiger partial charge >= 0.3 is 5.97 Å². The number of carboxylic acids is 1. The molecule has 33 heavy (non-hydrogen) atoms. The van der Waals surface area contributed by atoms with Crippen molar-refractivity contribution >= 4 is 23.3 Å². The molecule has 7 nitrogen and oxygen atoms in total. The number of carbonyl (C=O) groups excluding carboxylic acids is 2. The van der Waals surface area contributed by atoms with Crippen molar-refractivity contribution in [2.45, 2.75) is 57.2 Å². The molecule has 4 N–H and O–H groups in total. The number of Topliss-reactive ketones (excluding diaryl/α,β-unsaturated/α-hetero) is 1. The van der Waals surface area contributed by atoms with Crippen LogP contribution in [0.25, 0.3) is 0 Å². The van der Waals surface area contributed by atoms with Gasteiger partial charge in [-0.25, -0.2) is 4.79 Å². The number of fused-ring (bicyclic) bond motifs is 1. The highest BCUT2D eigenvalue weighted by molar-refractivity contribution is 6.39. The van der Waals surface area contributed by atoms with Crippen LogP contribution in [0.4, 0.5) is 5.69 Å². The third kappa shape index (κ3) is 4.93. The van der Waals surface area contributed by atoms with E-state index in [1.54, 1.807) is 0 Å². The van der Waals surface area contributed by atoms with Crippen LogP contribution in [0.3, 0.4) is 0 Å². The molecule has 0 saturated heterocycles. The lowest BCUT2D eigenvalue weighted by Gasteiger charge is -2.36. The number of hydrogen-bond donors (Lipinski definition) is 3. The first kappa shape index (κ1) is 23.0. The molecule has 1 aliphatic heterocycles. The minimum Gasteiger partial charge on any atom is -0.480 e. The molecule has 0 radical (unpaired) electrons. The number of amides is 1. The number of nitrogens with two attached hydrogens (primary N) is 1. The fourth-order valence-electron chi connectivity index (χ4n) is 5.20. The standard InChI is InChI=1S/C26H31N3O4/c27-14-17-7-6-8-18(13-17)16-29(23(26(32)33)19-9-2-1-3-10-19)25(31)24(30)21-15-28-22-12-5-4-11-20(21)22/h4-8,11-13,19,21,23,28H,1-3,9-10,14-16,27H2,(H,32,33). The van der Waals surface area contributed by atoms with Gasteiger partial charge < -0.3 is 21.1 Å². The number of nitrogens with one attached hydrogen (secondary N) is 1. The third-order valence-corrected chi connectivity index (χ3v) is 6.89. The molecule has 1 amide bonds. The van der Waals surface area contributed by atoms with Gasteiger partial charge in [0.1, 0.15) is 6.04 Å². The smallest absolute Gasteiger partial charge is 0.326 e. The van der Waals surface area contributed by atoms with Gasteiger partial charge in [0.15, 0.2) is 0 Å². The molecule has 1 saturated carbocycles. The van der Waals surface area contributed by atoms with E-state index >= 15 is 0 Å². The van der Waals surface area contributed by atoms with Crippen LogP contribution in [0.5, 0.6) is 0 Å². The maximum Gasteiger partial charge on any atom is 0.326 e. The summed E-state index contributed by atoms with van der Waals surface area (Å²) in [6, 6.07) is 13.9. The zero-order valence-corrected chi connectivity index (χ0v) is 18.7. The first-order chi connectivity index (χ1) is 16.0. The second-order valence-electron chi connectivity index (χ2n) is 9.02. The number of nitrogens with zero attached hydrogens (tertiary/aromatic N) is 1. The molecule has 2 aromatic rings. The summed E-state index contributed by atoms with van der Waals surface area (Å²) < 4.78 is 0. The van der Waals surface area contributed by atoms with Crippen LogP contribution in [-0.4, -0.2) is 40.3 Å². The van der Waals surface area contributed by atoms with E-state index in [9.17, 15) is 19.5 Å². The maximum absolute atomic E-state index is 13.6. The lowest BCUT2D eigenvalue weighted by molar-refractivity contribution is -0.157. The van der Waals surface area contributed by atoms with Gasteiger partial charge in [-0.05, 0) is 41.5 Å². The van der Waals surface area contributed by atoms with Crippen molar-refractivity contribution in [1.82, 2.24) is 4.90 Å². The maximum atomic E-state index is 13.6. The number of carbonyl (C=O) groups is 3. The highest BCUT2D eigenvalue weighted by atomic mass is 16.4. The van der Waals surface area contributed by atoms with Crippen LogP contribution in [0, 0.1) is 5.92 Å². The number of rotatable bonds is 8. The van der Waals surface area contributed by atoms with E-state index in [0.29, 0.717) is 13.1 Å². The molecule has 2 aromatic carbocycles. The Hall–Kier alpha value is -3.19. The predicted octanol–water partition coefficient (Wildman–Crippen LogP) is 3.29. The Balaban J connectivity index is 1.67. The van der Waals surface area contributed by atoms with Crippen LogP contribution < -0.4 is 11.1 Å². The molecule has 174 valence electrons. The predicted molar refractivity (Wildman–Crippen MR) is 126 cm³/mol. The lowest BCUT2D eigenvalue weighted by atomic mass is 9.82. The Morgan fingerprint density at radius 1 is 1.03 bits per heavy atom. The van der Waals surface area contributed by atoms with Gasteiger partial charge in [0, 0.05) is 25.3 Å². The van der Waals surface area contributed by atoms with Crippen molar-refractivity contribution in [2.75, 3.05) is 11.9 Å². The number of hydrogen-bond acceptors (Lipinski definition) is 5. The van der Waals surface area contributed by atoms with Crippen LogP contribution in [0.1, 0.15) is 54.7 Å². The van der Waals surface area contributed by atoms with Crippen molar-refractivity contribution < 1.29 is 19.5 Å². The average Bonchev–Trinajstić information content (AvgIpc) is 3.27. The van der Waals surface area contributed by atoms with Gasteiger partial charge in [0.2, 0.25) is 5.78 Å². The van der Waals surface area contributed by atoms with Gasteiger partial charge in [-0.3, -0.25) is 9.59 Å². The Bertz CT molecular complexity index is 1030. The number of carboxylic acid groups (broad SMARTS) is 1. The molecular weight excluding hydrogens is 418 g/mol. The third-order valence-electron chi connectivity index (χ3n) is 6.89. The zero-order valence-electron chi connectivity index (χ0n) is 18.7. The topological polar surface area (TPSA) is 113 Å². The summed E-state index contributed by atoms with van der Waals surface area (Å²) in [6.07, 6.45) is 4.43. The normalized spacial score (nSPS) is 18.8. The molecule has 7 heteroatoms. The van der Waals surface area contributed by atoms with E-state index in [1.165, 1.54) is 4.90 Å². The second kappa shape index (κ2) is 10.2. The van der Waals surface area contributed by atoms with Crippen LogP contribution in [0.15, 0.2) is 48.5 Å². The van der Waals surface area contributed by atoms with Crippen LogP contribution in [-0.2, 0) is 27.5 Å². The molecule has 4 rings (SSSR count). The largest absolute Gasteiger partial charge is 0.480 e. The van der Waals surface area contributed by atoms with Crippen molar-refractivity contribution in [3.05, 3.63) is 65.2 Å². The van der Waals surface area contributed by atoms with Gasteiger partial charge in [-0.15, -0.1) is 0 Å². The fourth-order valence-corrected chi connectivity index (χ4v) is 5.20. The zero-order chi connectivity index (χ0) is 23.4. The van der Waals surface area contributed by atoms with E-state index in [2.05, 4.69) is 5.32 Å². The first-order valence-corrected chi connectivity index (χ1v) is 11.7. The monoisotopic (exact) mass is 449 g/mol. The average molecular weight is 450 g/mol. The number of para-hydroxylation sites is 1. The van der Waals surface area contributed by atoms with E-state index in [0.717, 1.165) is 54.5 Å².